The van der Waals surface area contributed by atoms with E-state index in [4.69, 9.17) is 4.74 Å². The Balaban J connectivity index is 2.47. The van der Waals surface area contributed by atoms with Crippen LogP contribution in [0.2, 0.25) is 0 Å². The molecule has 0 atom stereocenters. The molecule has 74 valence electrons. The first kappa shape index (κ1) is 10.3. The van der Waals surface area contributed by atoms with Crippen LogP contribution in [-0.4, -0.2) is 24.7 Å². The zero-order valence-electron chi connectivity index (χ0n) is 8.14. The van der Waals surface area contributed by atoms with Crippen LogP contribution in [0.5, 0.6) is 0 Å². The molecule has 1 rings (SSSR count). The van der Waals surface area contributed by atoms with Crippen molar-refractivity contribution in [2.24, 2.45) is 0 Å². The molecule has 3 heteroatoms. The van der Waals surface area contributed by atoms with Crippen molar-refractivity contribution in [1.82, 2.24) is 5.32 Å². The molecule has 0 spiro atoms. The maximum Gasteiger partial charge on any atom is 0.326 e. The molecule has 0 aromatic carbocycles. The summed E-state index contributed by atoms with van der Waals surface area (Å²) in [4.78, 5) is 11.5. The molecule has 1 aliphatic carbocycles. The quantitative estimate of drug-likeness (QED) is 0.515. The monoisotopic (exact) mass is 183 g/mol. The number of esters is 1. The highest BCUT2D eigenvalue weighted by Crippen LogP contribution is 2.32. The Morgan fingerprint density at radius 3 is 2.77 bits per heavy atom. The van der Waals surface area contributed by atoms with E-state index < -0.39 is 5.54 Å². The molecular formula is C10H17NO2. The molecule has 0 amide bonds. The summed E-state index contributed by atoms with van der Waals surface area (Å²) >= 11 is 0. The van der Waals surface area contributed by atoms with Crippen molar-refractivity contribution in [2.75, 3.05) is 13.2 Å². The summed E-state index contributed by atoms with van der Waals surface area (Å²) in [6.45, 7) is 6.56. The van der Waals surface area contributed by atoms with Crippen LogP contribution in [0.15, 0.2) is 12.7 Å². The molecule has 0 heterocycles. The normalized spacial score (nSPS) is 18.8. The average Bonchev–Trinajstić information content (AvgIpc) is 2.03. The van der Waals surface area contributed by atoms with Crippen LogP contribution >= 0.6 is 0 Å². The summed E-state index contributed by atoms with van der Waals surface area (Å²) in [5, 5.41) is 3.17. The van der Waals surface area contributed by atoms with Gasteiger partial charge in [-0.3, -0.25) is 10.1 Å². The first-order valence-corrected chi connectivity index (χ1v) is 4.78. The standard InChI is InChI=1S/C10H17NO2/c1-3-8-11-10(6-5-7-10)9(12)13-4-2/h3,11H,1,4-8H2,2H3. The number of carbonyl (C=O) groups is 1. The number of ether oxygens (including phenoxy) is 1. The number of nitrogens with one attached hydrogen (secondary N) is 1. The zero-order valence-corrected chi connectivity index (χ0v) is 8.14. The molecule has 1 fully saturated rings. The Hall–Kier alpha value is -0.830. The minimum absolute atomic E-state index is 0.108. The van der Waals surface area contributed by atoms with Crippen LogP contribution in [0.3, 0.4) is 0 Å². The second kappa shape index (κ2) is 4.42. The van der Waals surface area contributed by atoms with Crippen molar-refractivity contribution >= 4 is 5.97 Å². The van der Waals surface area contributed by atoms with Crippen LogP contribution < -0.4 is 5.32 Å². The highest BCUT2D eigenvalue weighted by atomic mass is 16.5. The molecule has 1 aliphatic rings. The fourth-order valence-corrected chi connectivity index (χ4v) is 1.52. The Morgan fingerprint density at radius 2 is 2.38 bits per heavy atom. The first-order chi connectivity index (χ1) is 6.25. The molecule has 3 nitrogen and oxygen atoms in total. The highest BCUT2D eigenvalue weighted by molar-refractivity contribution is 5.82. The minimum atomic E-state index is -0.399. The predicted octanol–water partition coefficient (Wildman–Crippen LogP) is 1.25. The molecule has 13 heavy (non-hydrogen) atoms. The van der Waals surface area contributed by atoms with Crippen molar-refractivity contribution in [1.29, 1.82) is 0 Å². The van der Waals surface area contributed by atoms with E-state index in [-0.39, 0.29) is 5.97 Å². The second-order valence-corrected chi connectivity index (χ2v) is 3.33. The lowest BCUT2D eigenvalue weighted by molar-refractivity contribution is -0.155. The summed E-state index contributed by atoms with van der Waals surface area (Å²) in [6.07, 6.45) is 4.64. The Bertz CT molecular complexity index is 197. The van der Waals surface area contributed by atoms with E-state index in [9.17, 15) is 4.79 Å². The van der Waals surface area contributed by atoms with Gasteiger partial charge in [-0.1, -0.05) is 6.08 Å². The van der Waals surface area contributed by atoms with Crippen LogP contribution in [0.1, 0.15) is 26.2 Å². The molecule has 0 aliphatic heterocycles. The Morgan fingerprint density at radius 1 is 1.69 bits per heavy atom. The molecule has 1 saturated carbocycles. The summed E-state index contributed by atoms with van der Waals surface area (Å²) in [5.41, 5.74) is -0.399. The van der Waals surface area contributed by atoms with Crippen LogP contribution in [-0.2, 0) is 9.53 Å². The molecule has 0 saturated heterocycles. The number of rotatable bonds is 5. The van der Waals surface area contributed by atoms with Crippen molar-refractivity contribution in [3.8, 4) is 0 Å². The van der Waals surface area contributed by atoms with Gasteiger partial charge in [0.15, 0.2) is 0 Å². The minimum Gasteiger partial charge on any atom is -0.465 e. The summed E-state index contributed by atoms with van der Waals surface area (Å²) in [6, 6.07) is 0. The average molecular weight is 183 g/mol. The van der Waals surface area contributed by atoms with Gasteiger partial charge in [0, 0.05) is 6.54 Å². The number of hydrogen-bond donors (Lipinski definition) is 1. The molecule has 0 radical (unpaired) electrons. The van der Waals surface area contributed by atoms with E-state index in [2.05, 4.69) is 11.9 Å². The summed E-state index contributed by atoms with van der Waals surface area (Å²) in [7, 11) is 0. The molecule has 1 N–H and O–H groups in total. The van der Waals surface area contributed by atoms with Gasteiger partial charge >= 0.3 is 5.97 Å². The van der Waals surface area contributed by atoms with Crippen LogP contribution in [0.25, 0.3) is 0 Å². The van der Waals surface area contributed by atoms with Crippen LogP contribution in [0.4, 0.5) is 0 Å². The fourth-order valence-electron chi connectivity index (χ4n) is 1.52. The topological polar surface area (TPSA) is 38.3 Å². The third-order valence-electron chi connectivity index (χ3n) is 2.46. The van der Waals surface area contributed by atoms with E-state index >= 15 is 0 Å². The van der Waals surface area contributed by atoms with Gasteiger partial charge in [0.05, 0.1) is 6.61 Å². The number of hydrogen-bond acceptors (Lipinski definition) is 3. The lowest BCUT2D eigenvalue weighted by atomic mass is 9.76. The van der Waals surface area contributed by atoms with Gasteiger partial charge in [0.1, 0.15) is 5.54 Å². The van der Waals surface area contributed by atoms with Gasteiger partial charge in [0.2, 0.25) is 0 Å². The third kappa shape index (κ3) is 2.10. The van der Waals surface area contributed by atoms with E-state index in [0.717, 1.165) is 19.3 Å². The van der Waals surface area contributed by atoms with Crippen LogP contribution in [0, 0.1) is 0 Å². The number of carbonyl (C=O) groups excluding carboxylic acids is 1. The SMILES string of the molecule is C=CCNC1(C(=O)OCC)CCC1. The Kier molecular flexibility index (Phi) is 3.48. The van der Waals surface area contributed by atoms with Gasteiger partial charge < -0.3 is 4.74 Å². The van der Waals surface area contributed by atoms with E-state index in [0.29, 0.717) is 13.2 Å². The van der Waals surface area contributed by atoms with E-state index in [1.54, 1.807) is 6.08 Å². The molecule has 0 aromatic heterocycles. The molecule has 0 unspecified atom stereocenters. The van der Waals surface area contributed by atoms with Crippen molar-refractivity contribution in [2.45, 2.75) is 31.7 Å². The summed E-state index contributed by atoms with van der Waals surface area (Å²) in [5.74, 6) is -0.108. The first-order valence-electron chi connectivity index (χ1n) is 4.78. The van der Waals surface area contributed by atoms with E-state index in [1.807, 2.05) is 6.92 Å². The zero-order chi connectivity index (χ0) is 9.73. The third-order valence-corrected chi connectivity index (χ3v) is 2.46. The Labute approximate surface area is 79.2 Å². The highest BCUT2D eigenvalue weighted by Gasteiger charge is 2.44. The maximum absolute atomic E-state index is 11.5. The molecule has 0 aromatic rings. The fraction of sp³-hybridized carbons (Fsp3) is 0.700. The maximum atomic E-state index is 11.5. The molecular weight excluding hydrogens is 166 g/mol. The smallest absolute Gasteiger partial charge is 0.326 e. The van der Waals surface area contributed by atoms with Gasteiger partial charge in [-0.2, -0.15) is 0 Å². The van der Waals surface area contributed by atoms with Gasteiger partial charge in [0.25, 0.3) is 0 Å². The van der Waals surface area contributed by atoms with Crippen molar-refractivity contribution in [3.63, 3.8) is 0 Å². The van der Waals surface area contributed by atoms with Gasteiger partial charge in [-0.25, -0.2) is 0 Å². The lowest BCUT2D eigenvalue weighted by Gasteiger charge is -2.39. The van der Waals surface area contributed by atoms with Crippen molar-refractivity contribution in [3.05, 3.63) is 12.7 Å². The lowest BCUT2D eigenvalue weighted by Crippen LogP contribution is -2.57. The molecule has 0 bridgehead atoms. The summed E-state index contributed by atoms with van der Waals surface area (Å²) < 4.78 is 5.01. The second-order valence-electron chi connectivity index (χ2n) is 3.33. The van der Waals surface area contributed by atoms with Gasteiger partial charge in [-0.05, 0) is 26.2 Å². The largest absolute Gasteiger partial charge is 0.465 e. The van der Waals surface area contributed by atoms with Crippen molar-refractivity contribution < 1.29 is 9.53 Å². The van der Waals surface area contributed by atoms with Gasteiger partial charge in [-0.15, -0.1) is 6.58 Å². The van der Waals surface area contributed by atoms with E-state index in [1.165, 1.54) is 0 Å². The predicted molar refractivity (Wildman–Crippen MR) is 51.4 cm³/mol.